The lowest BCUT2D eigenvalue weighted by Gasteiger charge is -2.11. The highest BCUT2D eigenvalue weighted by molar-refractivity contribution is 6.37. The van der Waals surface area contributed by atoms with Crippen molar-refractivity contribution in [3.05, 3.63) is 45.9 Å². The highest BCUT2D eigenvalue weighted by Gasteiger charge is 2.11. The first-order valence-electron chi connectivity index (χ1n) is 7.35. The molecule has 2 rings (SSSR count). The minimum atomic E-state index is 0.557. The molecule has 112 valence electrons. The van der Waals surface area contributed by atoms with E-state index in [2.05, 4.69) is 36.3 Å². The lowest BCUT2D eigenvalue weighted by Crippen LogP contribution is -2.03. The average molecular weight is 323 g/mol. The van der Waals surface area contributed by atoms with Crippen molar-refractivity contribution >= 4 is 29.0 Å². The first-order valence-corrected chi connectivity index (χ1v) is 8.10. The van der Waals surface area contributed by atoms with Gasteiger partial charge in [0, 0.05) is 12.1 Å². The molecule has 1 N–H and O–H groups in total. The van der Waals surface area contributed by atoms with E-state index in [1.54, 1.807) is 6.07 Å². The number of benzene rings is 1. The summed E-state index contributed by atoms with van der Waals surface area (Å²) in [5.74, 6) is 0.693. The lowest BCUT2D eigenvalue weighted by molar-refractivity contribution is 0.922. The molecule has 2 aromatic rings. The Morgan fingerprint density at radius 2 is 1.86 bits per heavy atom. The van der Waals surface area contributed by atoms with Crippen LogP contribution in [0.25, 0.3) is 11.3 Å². The van der Waals surface area contributed by atoms with Crippen LogP contribution in [0, 0.1) is 0 Å². The Kier molecular flexibility index (Phi) is 5.89. The fourth-order valence-corrected chi connectivity index (χ4v) is 2.73. The number of rotatable bonds is 6. The molecule has 0 fully saturated rings. The maximum atomic E-state index is 6.32. The largest absolute Gasteiger partial charge is 0.369 e. The van der Waals surface area contributed by atoms with E-state index in [0.717, 1.165) is 37.1 Å². The van der Waals surface area contributed by atoms with Gasteiger partial charge in [0.1, 0.15) is 5.82 Å². The fourth-order valence-electron chi connectivity index (χ4n) is 2.20. The molecule has 0 bridgehead atoms. The molecule has 4 heteroatoms. The molecule has 1 aromatic carbocycles. The summed E-state index contributed by atoms with van der Waals surface area (Å²) < 4.78 is 0. The standard InChI is InChI=1S/C17H20Cl2N2/c1-3-6-12-7-5-8-13(10-12)16-14(18)11-15(19)17(21-16)20-9-4-2/h5,7-8,10-11H,3-4,6,9H2,1-2H3,(H,20,21). The van der Waals surface area contributed by atoms with Crippen LogP contribution in [0.3, 0.4) is 0 Å². The van der Waals surface area contributed by atoms with Crippen molar-refractivity contribution in [3.63, 3.8) is 0 Å². The van der Waals surface area contributed by atoms with Gasteiger partial charge >= 0.3 is 0 Å². The van der Waals surface area contributed by atoms with Crippen LogP contribution in [0.5, 0.6) is 0 Å². The van der Waals surface area contributed by atoms with Crippen LogP contribution in [0.15, 0.2) is 30.3 Å². The Morgan fingerprint density at radius 3 is 2.57 bits per heavy atom. The molecule has 0 unspecified atom stereocenters. The smallest absolute Gasteiger partial charge is 0.145 e. The summed E-state index contributed by atoms with van der Waals surface area (Å²) in [4.78, 5) is 4.61. The Labute approximate surface area is 136 Å². The molecule has 0 atom stereocenters. The molecule has 0 amide bonds. The van der Waals surface area contributed by atoms with Crippen LogP contribution in [0.4, 0.5) is 5.82 Å². The molecule has 0 saturated carbocycles. The maximum absolute atomic E-state index is 6.32. The van der Waals surface area contributed by atoms with Crippen LogP contribution in [-0.2, 0) is 6.42 Å². The van der Waals surface area contributed by atoms with Crippen LogP contribution >= 0.6 is 23.2 Å². The summed E-state index contributed by atoms with van der Waals surface area (Å²) in [6.07, 6.45) is 3.19. The molecular weight excluding hydrogens is 303 g/mol. The molecule has 0 aliphatic heterocycles. The Hall–Kier alpha value is -1.25. The number of nitrogens with one attached hydrogen (secondary N) is 1. The molecular formula is C17H20Cl2N2. The topological polar surface area (TPSA) is 24.9 Å². The molecule has 0 saturated heterocycles. The van der Waals surface area contributed by atoms with E-state index in [1.807, 2.05) is 12.1 Å². The van der Waals surface area contributed by atoms with Crippen LogP contribution in [0.1, 0.15) is 32.3 Å². The molecule has 2 nitrogen and oxygen atoms in total. The normalized spacial score (nSPS) is 10.7. The molecule has 1 aromatic heterocycles. The molecule has 0 spiro atoms. The van der Waals surface area contributed by atoms with Crippen molar-refractivity contribution in [1.29, 1.82) is 0 Å². The second kappa shape index (κ2) is 7.67. The predicted molar refractivity (Wildman–Crippen MR) is 92.5 cm³/mol. The van der Waals surface area contributed by atoms with Crippen molar-refractivity contribution in [2.75, 3.05) is 11.9 Å². The molecule has 0 aliphatic carbocycles. The zero-order valence-electron chi connectivity index (χ0n) is 12.4. The zero-order chi connectivity index (χ0) is 15.2. The highest BCUT2D eigenvalue weighted by Crippen LogP contribution is 2.32. The van der Waals surface area contributed by atoms with Gasteiger partial charge in [0.2, 0.25) is 0 Å². The van der Waals surface area contributed by atoms with Crippen molar-refractivity contribution in [2.45, 2.75) is 33.1 Å². The number of pyridine rings is 1. The van der Waals surface area contributed by atoms with E-state index in [0.29, 0.717) is 15.9 Å². The third-order valence-electron chi connectivity index (χ3n) is 3.21. The van der Waals surface area contributed by atoms with Gasteiger partial charge in [-0.05, 0) is 30.5 Å². The van der Waals surface area contributed by atoms with E-state index >= 15 is 0 Å². The van der Waals surface area contributed by atoms with Gasteiger partial charge in [0.25, 0.3) is 0 Å². The molecule has 1 heterocycles. The lowest BCUT2D eigenvalue weighted by atomic mass is 10.0. The van der Waals surface area contributed by atoms with Gasteiger partial charge in [-0.1, -0.05) is 61.7 Å². The Bertz CT molecular complexity index is 612. The van der Waals surface area contributed by atoms with E-state index in [4.69, 9.17) is 23.2 Å². The number of aromatic nitrogens is 1. The summed E-state index contributed by atoms with van der Waals surface area (Å²) in [5, 5.41) is 4.37. The highest BCUT2D eigenvalue weighted by atomic mass is 35.5. The van der Waals surface area contributed by atoms with Gasteiger partial charge in [0.15, 0.2) is 0 Å². The summed E-state index contributed by atoms with van der Waals surface area (Å²) in [6.45, 7) is 5.11. The van der Waals surface area contributed by atoms with E-state index in [1.165, 1.54) is 5.56 Å². The fraction of sp³-hybridized carbons (Fsp3) is 0.353. The van der Waals surface area contributed by atoms with Crippen LogP contribution < -0.4 is 5.32 Å². The zero-order valence-corrected chi connectivity index (χ0v) is 13.9. The third kappa shape index (κ3) is 4.12. The summed E-state index contributed by atoms with van der Waals surface area (Å²) in [5.41, 5.74) is 3.10. The van der Waals surface area contributed by atoms with Gasteiger partial charge in [-0.15, -0.1) is 0 Å². The average Bonchev–Trinajstić information content (AvgIpc) is 2.47. The second-order valence-electron chi connectivity index (χ2n) is 5.03. The number of hydrogen-bond acceptors (Lipinski definition) is 2. The number of anilines is 1. The first kappa shape index (κ1) is 16.1. The minimum Gasteiger partial charge on any atom is -0.369 e. The van der Waals surface area contributed by atoms with Gasteiger partial charge in [-0.2, -0.15) is 0 Å². The van der Waals surface area contributed by atoms with Gasteiger partial charge < -0.3 is 5.32 Å². The molecule has 0 radical (unpaired) electrons. The summed E-state index contributed by atoms with van der Waals surface area (Å²) in [7, 11) is 0. The van der Waals surface area contributed by atoms with Crippen LogP contribution in [-0.4, -0.2) is 11.5 Å². The van der Waals surface area contributed by atoms with E-state index < -0.39 is 0 Å². The van der Waals surface area contributed by atoms with Gasteiger partial charge in [0.05, 0.1) is 15.7 Å². The number of nitrogens with zero attached hydrogens (tertiary/aromatic N) is 1. The minimum absolute atomic E-state index is 0.557. The summed E-state index contributed by atoms with van der Waals surface area (Å²) >= 11 is 12.5. The predicted octanol–water partition coefficient (Wildman–Crippen LogP) is 5.83. The van der Waals surface area contributed by atoms with Gasteiger partial charge in [-0.3, -0.25) is 0 Å². The SMILES string of the molecule is CCCNc1nc(-c2cccc(CCC)c2)c(Cl)cc1Cl. The van der Waals surface area contributed by atoms with E-state index in [9.17, 15) is 0 Å². The van der Waals surface area contributed by atoms with Crippen molar-refractivity contribution < 1.29 is 0 Å². The van der Waals surface area contributed by atoms with E-state index in [-0.39, 0.29) is 0 Å². The monoisotopic (exact) mass is 322 g/mol. The van der Waals surface area contributed by atoms with Crippen molar-refractivity contribution in [2.24, 2.45) is 0 Å². The first-order chi connectivity index (χ1) is 10.2. The quantitative estimate of drug-likeness (QED) is 0.723. The van der Waals surface area contributed by atoms with Gasteiger partial charge in [-0.25, -0.2) is 4.98 Å². The Balaban J connectivity index is 2.40. The third-order valence-corrected chi connectivity index (χ3v) is 3.79. The molecule has 0 aliphatic rings. The van der Waals surface area contributed by atoms with Crippen molar-refractivity contribution in [1.82, 2.24) is 4.98 Å². The number of aryl methyl sites for hydroxylation is 1. The van der Waals surface area contributed by atoms with Crippen molar-refractivity contribution in [3.8, 4) is 11.3 Å². The number of halogens is 2. The number of hydrogen-bond donors (Lipinski definition) is 1. The molecule has 21 heavy (non-hydrogen) atoms. The summed E-state index contributed by atoms with van der Waals surface area (Å²) in [6, 6.07) is 10.1. The van der Waals surface area contributed by atoms with Crippen LogP contribution in [0.2, 0.25) is 10.0 Å². The Morgan fingerprint density at radius 1 is 1.05 bits per heavy atom. The maximum Gasteiger partial charge on any atom is 0.145 e. The second-order valence-corrected chi connectivity index (χ2v) is 5.84.